The highest BCUT2D eigenvalue weighted by atomic mass is 16.5. The van der Waals surface area contributed by atoms with E-state index in [0.29, 0.717) is 11.9 Å². The molecule has 2 unspecified atom stereocenters. The molecule has 0 aliphatic carbocycles. The van der Waals surface area contributed by atoms with E-state index in [1.54, 1.807) is 0 Å². The molecule has 0 saturated heterocycles. The van der Waals surface area contributed by atoms with Crippen LogP contribution in [0.3, 0.4) is 0 Å². The van der Waals surface area contributed by atoms with Gasteiger partial charge in [0.05, 0.1) is 0 Å². The van der Waals surface area contributed by atoms with Crippen LogP contribution in [-0.4, -0.2) is 42.2 Å². The van der Waals surface area contributed by atoms with E-state index >= 15 is 0 Å². The van der Waals surface area contributed by atoms with Gasteiger partial charge in [-0.15, -0.1) is 0 Å². The maximum atomic E-state index is 5.46. The molecule has 2 rings (SSSR count). The molecule has 0 saturated carbocycles. The fourth-order valence-corrected chi connectivity index (χ4v) is 2.13. The van der Waals surface area contributed by atoms with Crippen molar-refractivity contribution in [3.05, 3.63) is 47.6 Å². The van der Waals surface area contributed by atoms with Gasteiger partial charge in [-0.2, -0.15) is 4.98 Å². The van der Waals surface area contributed by atoms with Gasteiger partial charge in [-0.05, 0) is 33.6 Å². The Kier molecular flexibility index (Phi) is 4.87. The van der Waals surface area contributed by atoms with E-state index in [1.165, 1.54) is 0 Å². The topological polar surface area (TPSA) is 54.2 Å². The van der Waals surface area contributed by atoms with Gasteiger partial charge in [0, 0.05) is 12.5 Å². The van der Waals surface area contributed by atoms with Gasteiger partial charge in [0.2, 0.25) is 5.89 Å². The summed E-state index contributed by atoms with van der Waals surface area (Å²) in [5.74, 6) is 1.38. The molecule has 1 aromatic carbocycles. The average molecular weight is 274 g/mol. The van der Waals surface area contributed by atoms with Crippen LogP contribution in [0, 0.1) is 0 Å². The number of nitrogens with zero attached hydrogens (tertiary/aromatic N) is 3. The molecule has 5 heteroatoms. The smallest absolute Gasteiger partial charge is 0.248 e. The molecule has 0 spiro atoms. The Morgan fingerprint density at radius 2 is 1.95 bits per heavy atom. The van der Waals surface area contributed by atoms with Crippen molar-refractivity contribution in [3.63, 3.8) is 0 Å². The average Bonchev–Trinajstić information content (AvgIpc) is 2.87. The van der Waals surface area contributed by atoms with Crippen LogP contribution in [0.1, 0.15) is 30.2 Å². The second kappa shape index (κ2) is 6.63. The highest BCUT2D eigenvalue weighted by molar-refractivity contribution is 5.23. The summed E-state index contributed by atoms with van der Waals surface area (Å²) in [5.41, 5.74) is 1.15. The van der Waals surface area contributed by atoms with Crippen LogP contribution in [0.15, 0.2) is 34.9 Å². The van der Waals surface area contributed by atoms with Crippen molar-refractivity contribution in [1.29, 1.82) is 0 Å². The van der Waals surface area contributed by atoms with Crippen LogP contribution < -0.4 is 5.32 Å². The molecule has 2 atom stereocenters. The van der Waals surface area contributed by atoms with Gasteiger partial charge in [-0.1, -0.05) is 35.5 Å². The lowest BCUT2D eigenvalue weighted by molar-refractivity contribution is 0.260. The SMILES string of the molecule is CNC(C)Cc1noc(C(c2ccccc2)N(C)C)n1. The quantitative estimate of drug-likeness (QED) is 0.871. The van der Waals surface area contributed by atoms with Crippen LogP contribution in [0.25, 0.3) is 0 Å². The van der Waals surface area contributed by atoms with Crippen molar-refractivity contribution < 1.29 is 4.52 Å². The standard InChI is InChI=1S/C15H22N4O/c1-11(16-2)10-13-17-15(20-18-13)14(19(3)4)12-8-6-5-7-9-12/h5-9,11,14,16H,10H2,1-4H3. The van der Waals surface area contributed by atoms with Gasteiger partial charge >= 0.3 is 0 Å². The van der Waals surface area contributed by atoms with Crippen molar-refractivity contribution in [2.45, 2.75) is 25.4 Å². The highest BCUT2D eigenvalue weighted by Crippen LogP contribution is 2.25. The predicted octanol–water partition coefficient (Wildman–Crippen LogP) is 1.87. The third-order valence-electron chi connectivity index (χ3n) is 3.33. The Labute approximate surface area is 120 Å². The molecule has 0 fully saturated rings. The van der Waals surface area contributed by atoms with E-state index in [2.05, 4.69) is 39.4 Å². The van der Waals surface area contributed by atoms with Gasteiger partial charge < -0.3 is 9.84 Å². The number of hydrogen-bond acceptors (Lipinski definition) is 5. The highest BCUT2D eigenvalue weighted by Gasteiger charge is 2.23. The first-order valence-corrected chi connectivity index (χ1v) is 6.83. The molecule has 0 radical (unpaired) electrons. The maximum Gasteiger partial charge on any atom is 0.248 e. The summed E-state index contributed by atoms with van der Waals surface area (Å²) in [6, 6.07) is 10.5. The summed E-state index contributed by atoms with van der Waals surface area (Å²) in [6.07, 6.45) is 0.759. The van der Waals surface area contributed by atoms with Crippen LogP contribution in [0.2, 0.25) is 0 Å². The minimum Gasteiger partial charge on any atom is -0.337 e. The van der Waals surface area contributed by atoms with E-state index in [0.717, 1.165) is 17.8 Å². The largest absolute Gasteiger partial charge is 0.337 e. The summed E-state index contributed by atoms with van der Waals surface area (Å²) in [6.45, 7) is 2.09. The summed E-state index contributed by atoms with van der Waals surface area (Å²) < 4.78 is 5.46. The van der Waals surface area contributed by atoms with E-state index in [-0.39, 0.29) is 6.04 Å². The second-order valence-electron chi connectivity index (χ2n) is 5.22. The Morgan fingerprint density at radius 3 is 2.55 bits per heavy atom. The molecular formula is C15H22N4O. The Morgan fingerprint density at radius 1 is 1.25 bits per heavy atom. The maximum absolute atomic E-state index is 5.46. The number of likely N-dealkylation sites (N-methyl/N-ethyl adjacent to an activating group) is 1. The Hall–Kier alpha value is -1.72. The summed E-state index contributed by atoms with van der Waals surface area (Å²) >= 11 is 0. The van der Waals surface area contributed by atoms with E-state index in [4.69, 9.17) is 4.52 Å². The van der Waals surface area contributed by atoms with Gasteiger partial charge in [-0.3, -0.25) is 4.90 Å². The normalized spacial score (nSPS) is 14.4. The lowest BCUT2D eigenvalue weighted by Crippen LogP contribution is -2.24. The lowest BCUT2D eigenvalue weighted by Gasteiger charge is -2.20. The molecule has 108 valence electrons. The fourth-order valence-electron chi connectivity index (χ4n) is 2.13. The molecule has 0 aliphatic heterocycles. The minimum absolute atomic E-state index is 0.0117. The third kappa shape index (κ3) is 3.43. The van der Waals surface area contributed by atoms with Gasteiger partial charge in [0.25, 0.3) is 0 Å². The van der Waals surface area contributed by atoms with Gasteiger partial charge in [0.1, 0.15) is 6.04 Å². The summed E-state index contributed by atoms with van der Waals surface area (Å²) in [7, 11) is 5.95. The zero-order chi connectivity index (χ0) is 14.5. The molecule has 0 amide bonds. The third-order valence-corrected chi connectivity index (χ3v) is 3.33. The van der Waals surface area contributed by atoms with Crippen molar-refractivity contribution in [3.8, 4) is 0 Å². The zero-order valence-electron chi connectivity index (χ0n) is 12.5. The molecule has 0 bridgehead atoms. The van der Waals surface area contributed by atoms with E-state index in [1.807, 2.05) is 39.3 Å². The number of nitrogens with one attached hydrogen (secondary N) is 1. The van der Waals surface area contributed by atoms with Gasteiger partial charge in [0.15, 0.2) is 5.82 Å². The number of rotatable bonds is 6. The Balaban J connectivity index is 2.23. The molecule has 1 heterocycles. The first kappa shape index (κ1) is 14.7. The van der Waals surface area contributed by atoms with Crippen LogP contribution >= 0.6 is 0 Å². The fraction of sp³-hybridized carbons (Fsp3) is 0.467. The van der Waals surface area contributed by atoms with Gasteiger partial charge in [-0.25, -0.2) is 0 Å². The predicted molar refractivity (Wildman–Crippen MR) is 78.5 cm³/mol. The van der Waals surface area contributed by atoms with Crippen molar-refractivity contribution >= 4 is 0 Å². The van der Waals surface area contributed by atoms with Crippen molar-refractivity contribution in [2.75, 3.05) is 21.1 Å². The minimum atomic E-state index is -0.0117. The Bertz CT molecular complexity index is 524. The van der Waals surface area contributed by atoms with Crippen molar-refractivity contribution in [2.24, 2.45) is 0 Å². The number of hydrogen-bond donors (Lipinski definition) is 1. The molecule has 5 nitrogen and oxygen atoms in total. The van der Waals surface area contributed by atoms with Crippen LogP contribution in [-0.2, 0) is 6.42 Å². The first-order valence-electron chi connectivity index (χ1n) is 6.83. The molecular weight excluding hydrogens is 252 g/mol. The molecule has 0 aliphatic rings. The molecule has 20 heavy (non-hydrogen) atoms. The van der Waals surface area contributed by atoms with Crippen LogP contribution in [0.4, 0.5) is 0 Å². The molecule has 2 aromatic rings. The monoisotopic (exact) mass is 274 g/mol. The number of aromatic nitrogens is 2. The first-order chi connectivity index (χ1) is 9.61. The lowest BCUT2D eigenvalue weighted by atomic mass is 10.1. The van der Waals surface area contributed by atoms with E-state index < -0.39 is 0 Å². The number of benzene rings is 1. The molecule has 1 aromatic heterocycles. The van der Waals surface area contributed by atoms with Crippen molar-refractivity contribution in [1.82, 2.24) is 20.4 Å². The summed E-state index contributed by atoms with van der Waals surface area (Å²) in [5, 5.41) is 7.25. The second-order valence-corrected chi connectivity index (χ2v) is 5.22. The van der Waals surface area contributed by atoms with Crippen LogP contribution in [0.5, 0.6) is 0 Å². The zero-order valence-corrected chi connectivity index (χ0v) is 12.5. The van der Waals surface area contributed by atoms with E-state index in [9.17, 15) is 0 Å². The molecule has 1 N–H and O–H groups in total. The summed E-state index contributed by atoms with van der Waals surface area (Å²) in [4.78, 5) is 6.61.